The van der Waals surface area contributed by atoms with Crippen molar-refractivity contribution in [2.75, 3.05) is 6.61 Å². The number of carbonyl (C=O) groups is 1. The lowest BCUT2D eigenvalue weighted by Gasteiger charge is -2.15. The smallest absolute Gasteiger partial charge is 0.220 e. The van der Waals surface area contributed by atoms with Crippen molar-refractivity contribution in [3.63, 3.8) is 0 Å². The predicted octanol–water partition coefficient (Wildman–Crippen LogP) is 3.04. The summed E-state index contributed by atoms with van der Waals surface area (Å²) in [6.07, 6.45) is 5.65. The van der Waals surface area contributed by atoms with Crippen molar-refractivity contribution >= 4 is 5.91 Å². The molecule has 6 heteroatoms. The highest BCUT2D eigenvalue weighted by atomic mass is 16.5. The molecule has 1 aromatic heterocycles. The van der Waals surface area contributed by atoms with Gasteiger partial charge in [0.15, 0.2) is 5.82 Å². The summed E-state index contributed by atoms with van der Waals surface area (Å²) < 4.78 is 7.79. The summed E-state index contributed by atoms with van der Waals surface area (Å²) in [6.45, 7) is 3.45. The average molecular weight is 342 g/mol. The quantitative estimate of drug-likeness (QED) is 0.785. The minimum Gasteiger partial charge on any atom is -0.494 e. The summed E-state index contributed by atoms with van der Waals surface area (Å²) in [4.78, 5) is 12.2. The third-order valence-corrected chi connectivity index (χ3v) is 4.46. The molecule has 2 heterocycles. The van der Waals surface area contributed by atoms with Gasteiger partial charge in [-0.2, -0.15) is 0 Å². The number of carbonyl (C=O) groups excluding carboxylic acids is 1. The second kappa shape index (κ2) is 8.65. The summed E-state index contributed by atoms with van der Waals surface area (Å²) in [7, 11) is 0. The van der Waals surface area contributed by atoms with Crippen LogP contribution in [0.5, 0.6) is 5.75 Å². The molecule has 3 rings (SSSR count). The number of rotatable bonds is 7. The molecule has 1 aromatic carbocycles. The SMILES string of the molecule is C[C@@H](NC(=O)CCCOc1ccccc1)c1nnc2n1CCCCC2. The number of nitrogens with zero attached hydrogens (tertiary/aromatic N) is 3. The van der Waals surface area contributed by atoms with Crippen molar-refractivity contribution in [1.82, 2.24) is 20.1 Å². The van der Waals surface area contributed by atoms with Crippen molar-refractivity contribution in [3.05, 3.63) is 42.0 Å². The number of nitrogens with one attached hydrogen (secondary N) is 1. The van der Waals surface area contributed by atoms with Gasteiger partial charge in [0, 0.05) is 19.4 Å². The van der Waals surface area contributed by atoms with E-state index < -0.39 is 0 Å². The van der Waals surface area contributed by atoms with E-state index in [1.54, 1.807) is 0 Å². The highest BCUT2D eigenvalue weighted by molar-refractivity contribution is 5.76. The number of hydrogen-bond acceptors (Lipinski definition) is 4. The zero-order chi connectivity index (χ0) is 17.5. The molecule has 0 unspecified atom stereocenters. The van der Waals surface area contributed by atoms with E-state index in [0.717, 1.165) is 36.8 Å². The molecule has 134 valence electrons. The van der Waals surface area contributed by atoms with Gasteiger partial charge >= 0.3 is 0 Å². The molecule has 0 fully saturated rings. The lowest BCUT2D eigenvalue weighted by atomic mass is 10.2. The van der Waals surface area contributed by atoms with E-state index in [4.69, 9.17) is 4.74 Å². The Kier molecular flexibility index (Phi) is 6.04. The Labute approximate surface area is 148 Å². The van der Waals surface area contributed by atoms with Crippen molar-refractivity contribution < 1.29 is 9.53 Å². The Balaban J connectivity index is 1.44. The number of ether oxygens (including phenoxy) is 1. The molecule has 1 atom stereocenters. The van der Waals surface area contributed by atoms with Gasteiger partial charge in [0.2, 0.25) is 5.91 Å². The summed E-state index contributed by atoms with van der Waals surface area (Å²) in [5, 5.41) is 11.6. The second-order valence-electron chi connectivity index (χ2n) is 6.49. The summed E-state index contributed by atoms with van der Waals surface area (Å²) >= 11 is 0. The van der Waals surface area contributed by atoms with Gasteiger partial charge in [0.1, 0.15) is 11.6 Å². The van der Waals surface area contributed by atoms with Gasteiger partial charge in [-0.05, 0) is 38.3 Å². The van der Waals surface area contributed by atoms with Gasteiger partial charge in [-0.3, -0.25) is 4.79 Å². The maximum Gasteiger partial charge on any atom is 0.220 e. The van der Waals surface area contributed by atoms with Gasteiger partial charge in [-0.15, -0.1) is 10.2 Å². The fraction of sp³-hybridized carbons (Fsp3) is 0.526. The molecule has 6 nitrogen and oxygen atoms in total. The van der Waals surface area contributed by atoms with Crippen LogP contribution in [-0.2, 0) is 17.8 Å². The van der Waals surface area contributed by atoms with Crippen molar-refractivity contribution in [1.29, 1.82) is 0 Å². The maximum atomic E-state index is 12.2. The Hall–Kier alpha value is -2.37. The van der Waals surface area contributed by atoms with Crippen LogP contribution in [0.15, 0.2) is 30.3 Å². The van der Waals surface area contributed by atoms with Crippen LogP contribution in [0.2, 0.25) is 0 Å². The van der Waals surface area contributed by atoms with Crippen LogP contribution in [0.1, 0.15) is 56.7 Å². The highest BCUT2D eigenvalue weighted by Crippen LogP contribution is 2.18. The van der Waals surface area contributed by atoms with Gasteiger partial charge < -0.3 is 14.6 Å². The van der Waals surface area contributed by atoms with Crippen LogP contribution in [0, 0.1) is 0 Å². The van der Waals surface area contributed by atoms with Gasteiger partial charge in [-0.1, -0.05) is 24.6 Å². The predicted molar refractivity (Wildman–Crippen MR) is 95.3 cm³/mol. The first-order valence-electron chi connectivity index (χ1n) is 9.13. The molecule has 0 aliphatic carbocycles. The fourth-order valence-electron chi connectivity index (χ4n) is 3.15. The lowest BCUT2D eigenvalue weighted by molar-refractivity contribution is -0.122. The van der Waals surface area contributed by atoms with Crippen LogP contribution in [0.3, 0.4) is 0 Å². The maximum absolute atomic E-state index is 12.2. The molecule has 25 heavy (non-hydrogen) atoms. The third kappa shape index (κ3) is 4.81. The Morgan fingerprint density at radius 1 is 1.24 bits per heavy atom. The largest absolute Gasteiger partial charge is 0.494 e. The highest BCUT2D eigenvalue weighted by Gasteiger charge is 2.20. The molecule has 0 spiro atoms. The molecule has 1 aliphatic heterocycles. The number of para-hydroxylation sites is 1. The molecule has 2 aromatic rings. The zero-order valence-corrected chi connectivity index (χ0v) is 14.8. The molecule has 0 radical (unpaired) electrons. The number of aryl methyl sites for hydroxylation is 1. The Morgan fingerprint density at radius 3 is 2.92 bits per heavy atom. The molecular weight excluding hydrogens is 316 g/mol. The number of fused-ring (bicyclic) bond motifs is 1. The lowest BCUT2D eigenvalue weighted by Crippen LogP contribution is -2.29. The first kappa shape index (κ1) is 17.5. The van der Waals surface area contributed by atoms with E-state index in [0.29, 0.717) is 19.4 Å². The molecular formula is C19H26N4O2. The van der Waals surface area contributed by atoms with Gasteiger partial charge in [-0.25, -0.2) is 0 Å². The van der Waals surface area contributed by atoms with E-state index in [9.17, 15) is 4.79 Å². The second-order valence-corrected chi connectivity index (χ2v) is 6.49. The normalized spacial score (nSPS) is 15.1. The van der Waals surface area contributed by atoms with Crippen molar-refractivity contribution in [3.8, 4) is 5.75 Å². The minimum absolute atomic E-state index is 0.0233. The minimum atomic E-state index is -0.123. The van der Waals surface area contributed by atoms with Gasteiger partial charge in [0.05, 0.1) is 12.6 Å². The topological polar surface area (TPSA) is 69.0 Å². The summed E-state index contributed by atoms with van der Waals surface area (Å²) in [6, 6.07) is 9.53. The van der Waals surface area contributed by atoms with Crippen LogP contribution in [-0.4, -0.2) is 27.3 Å². The van der Waals surface area contributed by atoms with Crippen molar-refractivity contribution in [2.24, 2.45) is 0 Å². The number of aromatic nitrogens is 3. The van der Waals surface area contributed by atoms with E-state index in [1.807, 2.05) is 37.3 Å². The molecule has 0 saturated heterocycles. The number of benzene rings is 1. The van der Waals surface area contributed by atoms with Gasteiger partial charge in [0.25, 0.3) is 0 Å². The van der Waals surface area contributed by atoms with Crippen LogP contribution < -0.4 is 10.1 Å². The number of hydrogen-bond donors (Lipinski definition) is 1. The van der Waals surface area contributed by atoms with E-state index in [2.05, 4.69) is 20.1 Å². The van der Waals surface area contributed by atoms with Crippen LogP contribution >= 0.6 is 0 Å². The molecule has 0 saturated carbocycles. The number of amides is 1. The summed E-state index contributed by atoms with van der Waals surface area (Å²) in [5.74, 6) is 2.77. The van der Waals surface area contributed by atoms with Crippen LogP contribution in [0.25, 0.3) is 0 Å². The summed E-state index contributed by atoms with van der Waals surface area (Å²) in [5.41, 5.74) is 0. The first-order valence-corrected chi connectivity index (χ1v) is 9.13. The molecule has 1 aliphatic rings. The standard InChI is InChI=1S/C19H26N4O2/c1-15(19-22-21-17-11-6-3-7-13-23(17)19)20-18(24)12-8-14-25-16-9-4-2-5-10-16/h2,4-5,9-10,15H,3,6-8,11-14H2,1H3,(H,20,24)/t15-/m1/s1. The monoisotopic (exact) mass is 342 g/mol. The van der Waals surface area contributed by atoms with E-state index in [1.165, 1.54) is 12.8 Å². The van der Waals surface area contributed by atoms with E-state index >= 15 is 0 Å². The molecule has 0 bridgehead atoms. The molecule has 1 N–H and O–H groups in total. The Morgan fingerprint density at radius 2 is 2.08 bits per heavy atom. The zero-order valence-electron chi connectivity index (χ0n) is 14.8. The molecule has 1 amide bonds. The van der Waals surface area contributed by atoms with Crippen molar-refractivity contribution in [2.45, 2.75) is 58.0 Å². The average Bonchev–Trinajstić information content (AvgIpc) is 2.88. The van der Waals surface area contributed by atoms with Crippen LogP contribution in [0.4, 0.5) is 0 Å². The third-order valence-electron chi connectivity index (χ3n) is 4.46. The fourth-order valence-corrected chi connectivity index (χ4v) is 3.15. The first-order chi connectivity index (χ1) is 12.2. The van der Waals surface area contributed by atoms with E-state index in [-0.39, 0.29) is 11.9 Å². The Bertz CT molecular complexity index is 684.